The van der Waals surface area contributed by atoms with Crippen LogP contribution in [0.15, 0.2) is 18.2 Å². The number of sulfonamides is 1. The van der Waals surface area contributed by atoms with Crippen LogP contribution in [-0.2, 0) is 15.8 Å². The van der Waals surface area contributed by atoms with Gasteiger partial charge in [0.15, 0.2) is 0 Å². The zero-order valence-electron chi connectivity index (χ0n) is 10.9. The van der Waals surface area contributed by atoms with Crippen LogP contribution in [0.4, 0.5) is 0 Å². The first-order valence-corrected chi connectivity index (χ1v) is 8.40. The minimum Gasteiger partial charge on any atom is -0.313 e. The highest BCUT2D eigenvalue weighted by atomic mass is 35.5. The Labute approximate surface area is 124 Å². The van der Waals surface area contributed by atoms with Gasteiger partial charge in [-0.1, -0.05) is 36.2 Å². The summed E-state index contributed by atoms with van der Waals surface area (Å²) in [7, 11) is -3.45. The predicted octanol–water partition coefficient (Wildman–Crippen LogP) is 2.41. The van der Waals surface area contributed by atoms with Crippen LogP contribution in [0.1, 0.15) is 19.4 Å². The van der Waals surface area contributed by atoms with Crippen LogP contribution in [0.5, 0.6) is 0 Å². The molecule has 0 saturated carbocycles. The fourth-order valence-electron chi connectivity index (χ4n) is 1.58. The zero-order chi connectivity index (χ0) is 14.5. The quantitative estimate of drug-likeness (QED) is 0.809. The van der Waals surface area contributed by atoms with Gasteiger partial charge >= 0.3 is 0 Å². The Morgan fingerprint density at radius 1 is 1.26 bits per heavy atom. The van der Waals surface area contributed by atoms with Crippen molar-refractivity contribution in [2.75, 3.05) is 13.1 Å². The van der Waals surface area contributed by atoms with E-state index in [1.165, 1.54) is 0 Å². The van der Waals surface area contributed by atoms with Crippen molar-refractivity contribution in [2.45, 2.75) is 25.6 Å². The van der Waals surface area contributed by atoms with Crippen LogP contribution in [0.2, 0.25) is 10.0 Å². The van der Waals surface area contributed by atoms with Crippen molar-refractivity contribution in [1.82, 2.24) is 10.0 Å². The van der Waals surface area contributed by atoms with Gasteiger partial charge in [0.25, 0.3) is 0 Å². The summed E-state index contributed by atoms with van der Waals surface area (Å²) in [6.45, 7) is 5.00. The van der Waals surface area contributed by atoms with E-state index in [1.54, 1.807) is 18.2 Å². The van der Waals surface area contributed by atoms with Crippen molar-refractivity contribution in [3.8, 4) is 0 Å². The Balaban J connectivity index is 2.70. The lowest BCUT2D eigenvalue weighted by molar-refractivity contribution is 0.535. The average Bonchev–Trinajstić information content (AvgIpc) is 2.32. The molecule has 0 fully saturated rings. The summed E-state index contributed by atoms with van der Waals surface area (Å²) in [5, 5.41) is 3.84. The number of halogens is 2. The summed E-state index contributed by atoms with van der Waals surface area (Å²) in [5.74, 6) is -0.218. The molecule has 0 aromatic heterocycles. The van der Waals surface area contributed by atoms with Gasteiger partial charge in [0.1, 0.15) is 0 Å². The standard InChI is InChI=1S/C12H18Cl2N2O2S/c1-3-15-9(2)7-16-19(17,18)8-10-11(13)5-4-6-12(10)14/h4-6,9,15-16H,3,7-8H2,1-2H3/t9-/m1/s1. The average molecular weight is 325 g/mol. The van der Waals surface area contributed by atoms with E-state index in [2.05, 4.69) is 10.0 Å². The Morgan fingerprint density at radius 2 is 1.84 bits per heavy atom. The lowest BCUT2D eigenvalue weighted by Crippen LogP contribution is -2.39. The molecule has 0 aliphatic heterocycles. The second-order valence-corrected chi connectivity index (χ2v) is 6.89. The van der Waals surface area contributed by atoms with Crippen molar-refractivity contribution < 1.29 is 8.42 Å². The SMILES string of the molecule is CCN[C@H](C)CNS(=O)(=O)Cc1c(Cl)cccc1Cl. The molecule has 108 valence electrons. The van der Waals surface area contributed by atoms with Gasteiger partial charge in [-0.3, -0.25) is 0 Å². The summed E-state index contributed by atoms with van der Waals surface area (Å²) >= 11 is 11.9. The minimum atomic E-state index is -3.45. The smallest absolute Gasteiger partial charge is 0.215 e. The topological polar surface area (TPSA) is 58.2 Å². The van der Waals surface area contributed by atoms with Gasteiger partial charge in [-0.15, -0.1) is 0 Å². The van der Waals surface area contributed by atoms with Crippen molar-refractivity contribution in [1.29, 1.82) is 0 Å². The molecular weight excluding hydrogens is 307 g/mol. The third-order valence-corrected chi connectivity index (χ3v) is 4.54. The maximum Gasteiger partial charge on any atom is 0.215 e. The zero-order valence-corrected chi connectivity index (χ0v) is 13.2. The van der Waals surface area contributed by atoms with Crippen LogP contribution < -0.4 is 10.0 Å². The third-order valence-electron chi connectivity index (χ3n) is 2.56. The molecule has 0 spiro atoms. The maximum atomic E-state index is 12.0. The molecule has 0 bridgehead atoms. The first-order valence-electron chi connectivity index (χ1n) is 5.99. The summed E-state index contributed by atoms with van der Waals surface area (Å²) in [5.41, 5.74) is 0.425. The van der Waals surface area contributed by atoms with Crippen LogP contribution in [0, 0.1) is 0 Å². The van der Waals surface area contributed by atoms with Crippen LogP contribution >= 0.6 is 23.2 Å². The molecule has 0 unspecified atom stereocenters. The molecule has 7 heteroatoms. The van der Waals surface area contributed by atoms with Gasteiger partial charge < -0.3 is 5.32 Å². The van der Waals surface area contributed by atoms with Crippen LogP contribution in [-0.4, -0.2) is 27.5 Å². The van der Waals surface area contributed by atoms with Crippen LogP contribution in [0.25, 0.3) is 0 Å². The Morgan fingerprint density at radius 3 is 2.37 bits per heavy atom. The van der Waals surface area contributed by atoms with E-state index in [1.807, 2.05) is 13.8 Å². The molecule has 2 N–H and O–H groups in total. The molecule has 0 amide bonds. The lowest BCUT2D eigenvalue weighted by atomic mass is 10.2. The van der Waals surface area contributed by atoms with Crippen molar-refractivity contribution in [3.63, 3.8) is 0 Å². The molecule has 1 rings (SSSR count). The van der Waals surface area contributed by atoms with E-state index >= 15 is 0 Å². The summed E-state index contributed by atoms with van der Waals surface area (Å²) in [6.07, 6.45) is 0. The number of hydrogen-bond acceptors (Lipinski definition) is 3. The first-order chi connectivity index (χ1) is 8.85. The predicted molar refractivity (Wildman–Crippen MR) is 80.2 cm³/mol. The Bertz CT molecular complexity index is 500. The third kappa shape index (κ3) is 5.67. The van der Waals surface area contributed by atoms with E-state index in [0.717, 1.165) is 6.54 Å². The normalized spacial score (nSPS) is 13.5. The molecule has 0 heterocycles. The molecule has 0 saturated heterocycles. The summed E-state index contributed by atoms with van der Waals surface area (Å²) in [4.78, 5) is 0. The molecule has 19 heavy (non-hydrogen) atoms. The van der Waals surface area contributed by atoms with Gasteiger partial charge in [-0.25, -0.2) is 13.1 Å². The summed E-state index contributed by atoms with van der Waals surface area (Å²) in [6, 6.07) is 5.00. The second kappa shape index (κ2) is 7.45. The Hall–Kier alpha value is -0.330. The van der Waals surface area contributed by atoms with Crippen molar-refractivity contribution in [2.24, 2.45) is 0 Å². The fraction of sp³-hybridized carbons (Fsp3) is 0.500. The highest BCUT2D eigenvalue weighted by molar-refractivity contribution is 7.88. The van der Waals surface area contributed by atoms with Gasteiger partial charge in [0.05, 0.1) is 5.75 Å². The molecular formula is C12H18Cl2N2O2S. The van der Waals surface area contributed by atoms with E-state index in [9.17, 15) is 8.42 Å². The largest absolute Gasteiger partial charge is 0.313 e. The number of nitrogens with one attached hydrogen (secondary N) is 2. The fourth-order valence-corrected chi connectivity index (χ4v) is 3.57. The van der Waals surface area contributed by atoms with E-state index < -0.39 is 10.0 Å². The molecule has 1 atom stereocenters. The Kier molecular flexibility index (Phi) is 6.56. The number of hydrogen-bond donors (Lipinski definition) is 2. The highest BCUT2D eigenvalue weighted by Crippen LogP contribution is 2.25. The maximum absolute atomic E-state index is 12.0. The number of benzene rings is 1. The minimum absolute atomic E-state index is 0.0708. The molecule has 4 nitrogen and oxygen atoms in total. The van der Waals surface area contributed by atoms with Crippen molar-refractivity contribution in [3.05, 3.63) is 33.8 Å². The van der Waals surface area contributed by atoms with E-state index in [-0.39, 0.29) is 11.8 Å². The van der Waals surface area contributed by atoms with Gasteiger partial charge in [0, 0.05) is 28.2 Å². The van der Waals surface area contributed by atoms with Crippen LogP contribution in [0.3, 0.4) is 0 Å². The molecule has 0 aliphatic rings. The first kappa shape index (κ1) is 16.7. The number of rotatable bonds is 7. The lowest BCUT2D eigenvalue weighted by Gasteiger charge is -2.14. The number of likely N-dealkylation sites (N-methyl/N-ethyl adjacent to an activating group) is 1. The van der Waals surface area contributed by atoms with Gasteiger partial charge in [0.2, 0.25) is 10.0 Å². The van der Waals surface area contributed by atoms with Gasteiger partial charge in [-0.05, 0) is 25.6 Å². The molecule has 1 aromatic rings. The highest BCUT2D eigenvalue weighted by Gasteiger charge is 2.17. The summed E-state index contributed by atoms with van der Waals surface area (Å²) < 4.78 is 26.5. The molecule has 0 aliphatic carbocycles. The van der Waals surface area contributed by atoms with Crippen molar-refractivity contribution >= 4 is 33.2 Å². The monoisotopic (exact) mass is 324 g/mol. The second-order valence-electron chi connectivity index (χ2n) is 4.27. The molecule has 1 aromatic carbocycles. The molecule has 0 radical (unpaired) electrons. The van der Waals surface area contributed by atoms with E-state index in [4.69, 9.17) is 23.2 Å². The van der Waals surface area contributed by atoms with Gasteiger partial charge in [-0.2, -0.15) is 0 Å². The van der Waals surface area contributed by atoms with E-state index in [0.29, 0.717) is 22.2 Å².